The Labute approximate surface area is 165 Å². The second-order valence-corrected chi connectivity index (χ2v) is 8.26. The smallest absolute Gasteiger partial charge is 0.332 e. The van der Waals surface area contributed by atoms with Gasteiger partial charge in [-0.15, -0.1) is 0 Å². The molecule has 0 aliphatic carbocycles. The van der Waals surface area contributed by atoms with Crippen LogP contribution in [0, 0.1) is 0 Å². The fourth-order valence-electron chi connectivity index (χ4n) is 2.87. The number of rotatable bonds is 8. The van der Waals surface area contributed by atoms with Crippen molar-refractivity contribution in [2.24, 2.45) is 0 Å². The van der Waals surface area contributed by atoms with Gasteiger partial charge in [-0.3, -0.25) is 4.79 Å². The third kappa shape index (κ3) is 5.91. The molecule has 156 valence electrons. The Morgan fingerprint density at radius 1 is 1.07 bits per heavy atom. The van der Waals surface area contributed by atoms with Gasteiger partial charge in [-0.05, 0) is 31.0 Å². The molecule has 1 aromatic carbocycles. The quantitative estimate of drug-likeness (QED) is 0.640. The number of sulfonamides is 1. The van der Waals surface area contributed by atoms with Gasteiger partial charge in [0.2, 0.25) is 10.0 Å². The lowest BCUT2D eigenvalue weighted by Crippen LogP contribution is -2.32. The fraction of sp³-hybridized carbons (Fsp3) is 0.556. The molecule has 1 fully saturated rings. The van der Waals surface area contributed by atoms with E-state index in [0.29, 0.717) is 18.8 Å². The van der Waals surface area contributed by atoms with E-state index < -0.39 is 28.5 Å². The number of esters is 1. The molecule has 9 nitrogen and oxygen atoms in total. The number of amides is 1. The van der Waals surface area contributed by atoms with Crippen LogP contribution in [0.15, 0.2) is 23.1 Å². The van der Waals surface area contributed by atoms with E-state index >= 15 is 0 Å². The lowest BCUT2D eigenvalue weighted by Gasteiger charge is -2.21. The van der Waals surface area contributed by atoms with Crippen molar-refractivity contribution < 1.29 is 32.2 Å². The summed E-state index contributed by atoms with van der Waals surface area (Å²) in [5.41, 5.74) is 0.186. The van der Waals surface area contributed by atoms with Crippen LogP contribution >= 0.6 is 0 Å². The van der Waals surface area contributed by atoms with Crippen LogP contribution in [0.5, 0.6) is 5.75 Å². The summed E-state index contributed by atoms with van der Waals surface area (Å²) in [5, 5.41) is 2.52. The number of nitrogens with zero attached hydrogens (tertiary/aromatic N) is 1. The topological polar surface area (TPSA) is 111 Å². The number of benzene rings is 1. The van der Waals surface area contributed by atoms with Gasteiger partial charge in [0.05, 0.1) is 17.7 Å². The van der Waals surface area contributed by atoms with Gasteiger partial charge in [0.1, 0.15) is 12.4 Å². The van der Waals surface area contributed by atoms with E-state index in [0.717, 1.165) is 25.7 Å². The highest BCUT2D eigenvalue weighted by Gasteiger charge is 2.26. The molecule has 0 unspecified atom stereocenters. The van der Waals surface area contributed by atoms with Crippen molar-refractivity contribution in [1.29, 1.82) is 0 Å². The molecule has 2 rings (SSSR count). The Morgan fingerprint density at radius 3 is 2.36 bits per heavy atom. The number of hydrogen-bond donors (Lipinski definition) is 1. The zero-order valence-electron chi connectivity index (χ0n) is 16.1. The minimum Gasteiger partial charge on any atom is -0.495 e. The third-order valence-electron chi connectivity index (χ3n) is 4.27. The number of carbonyl (C=O) groups is 2. The lowest BCUT2D eigenvalue weighted by atomic mass is 10.2. The predicted molar refractivity (Wildman–Crippen MR) is 102 cm³/mol. The van der Waals surface area contributed by atoms with E-state index in [4.69, 9.17) is 9.47 Å². The molecule has 1 saturated heterocycles. The highest BCUT2D eigenvalue weighted by atomic mass is 32.2. The molecule has 1 aromatic rings. The van der Waals surface area contributed by atoms with Crippen LogP contribution in [0.2, 0.25) is 0 Å². The third-order valence-corrected chi connectivity index (χ3v) is 6.17. The SMILES string of the molecule is COCC(=O)OCC(=O)Nc1cc(S(=O)(=O)N2CCCCCC2)ccc1OC. The summed E-state index contributed by atoms with van der Waals surface area (Å²) in [7, 11) is -0.932. The van der Waals surface area contributed by atoms with Gasteiger partial charge in [-0.1, -0.05) is 12.8 Å². The van der Waals surface area contributed by atoms with Crippen molar-refractivity contribution in [1.82, 2.24) is 4.31 Å². The summed E-state index contributed by atoms with van der Waals surface area (Å²) in [6.45, 7) is 0.172. The van der Waals surface area contributed by atoms with E-state index in [1.807, 2.05) is 0 Å². The Balaban J connectivity index is 2.16. The normalized spacial score (nSPS) is 15.5. The molecule has 0 atom stereocenters. The molecule has 1 amide bonds. The van der Waals surface area contributed by atoms with Crippen molar-refractivity contribution in [3.05, 3.63) is 18.2 Å². The molecule has 1 aliphatic rings. The molecule has 10 heteroatoms. The average molecular weight is 414 g/mol. The molecular weight excluding hydrogens is 388 g/mol. The van der Waals surface area contributed by atoms with Gasteiger partial charge >= 0.3 is 5.97 Å². The molecular formula is C18H26N2O7S. The van der Waals surface area contributed by atoms with Crippen LogP contribution in [0.1, 0.15) is 25.7 Å². The summed E-state index contributed by atoms with van der Waals surface area (Å²) < 4.78 is 41.9. The van der Waals surface area contributed by atoms with Crippen molar-refractivity contribution in [2.45, 2.75) is 30.6 Å². The van der Waals surface area contributed by atoms with E-state index in [1.165, 1.54) is 36.7 Å². The molecule has 0 radical (unpaired) electrons. The summed E-state index contributed by atoms with van der Waals surface area (Å²) in [4.78, 5) is 23.4. The maximum absolute atomic E-state index is 13.0. The van der Waals surface area contributed by atoms with Crippen LogP contribution in [-0.2, 0) is 29.1 Å². The van der Waals surface area contributed by atoms with Gasteiger partial charge in [0.25, 0.3) is 5.91 Å². The number of anilines is 1. The fourth-order valence-corrected chi connectivity index (χ4v) is 4.41. The molecule has 0 bridgehead atoms. The molecule has 0 spiro atoms. The average Bonchev–Trinajstić information content (AvgIpc) is 2.96. The van der Waals surface area contributed by atoms with Crippen LogP contribution in [0.3, 0.4) is 0 Å². The minimum absolute atomic E-state index is 0.0712. The Hall–Kier alpha value is -2.17. The predicted octanol–water partition coefficient (Wildman–Crippen LogP) is 1.39. The van der Waals surface area contributed by atoms with E-state index in [1.54, 1.807) is 0 Å². The first-order chi connectivity index (χ1) is 13.4. The van der Waals surface area contributed by atoms with Crippen LogP contribution in [-0.4, -0.2) is 65.1 Å². The molecule has 0 saturated carbocycles. The molecule has 1 aliphatic heterocycles. The van der Waals surface area contributed by atoms with E-state index in [9.17, 15) is 18.0 Å². The van der Waals surface area contributed by atoms with Crippen LogP contribution in [0.25, 0.3) is 0 Å². The van der Waals surface area contributed by atoms with Gasteiger partial charge in [0.15, 0.2) is 6.61 Å². The molecule has 0 aromatic heterocycles. The summed E-state index contributed by atoms with van der Waals surface area (Å²) >= 11 is 0. The number of ether oxygens (including phenoxy) is 3. The highest BCUT2D eigenvalue weighted by Crippen LogP contribution is 2.29. The number of hydrogen-bond acceptors (Lipinski definition) is 7. The van der Waals surface area contributed by atoms with Gasteiger partial charge < -0.3 is 19.5 Å². The summed E-state index contributed by atoms with van der Waals surface area (Å²) in [6, 6.07) is 4.29. The number of methoxy groups -OCH3 is 2. The number of nitrogens with one attached hydrogen (secondary N) is 1. The molecule has 1 N–H and O–H groups in total. The summed E-state index contributed by atoms with van der Waals surface area (Å²) in [6.07, 6.45) is 3.67. The van der Waals surface area contributed by atoms with Crippen molar-refractivity contribution in [3.8, 4) is 5.75 Å². The number of carbonyl (C=O) groups excluding carboxylic acids is 2. The minimum atomic E-state index is -3.68. The Kier molecular flexibility index (Phi) is 8.21. The maximum atomic E-state index is 13.0. The monoisotopic (exact) mass is 414 g/mol. The second kappa shape index (κ2) is 10.4. The highest BCUT2D eigenvalue weighted by molar-refractivity contribution is 7.89. The van der Waals surface area contributed by atoms with E-state index in [2.05, 4.69) is 10.1 Å². The summed E-state index contributed by atoms with van der Waals surface area (Å²) in [5.74, 6) is -0.999. The first kappa shape index (κ1) is 22.1. The van der Waals surface area contributed by atoms with Crippen molar-refractivity contribution in [2.75, 3.05) is 45.8 Å². The van der Waals surface area contributed by atoms with Crippen LogP contribution in [0.4, 0.5) is 5.69 Å². The van der Waals surface area contributed by atoms with Crippen molar-refractivity contribution >= 4 is 27.6 Å². The largest absolute Gasteiger partial charge is 0.495 e. The Morgan fingerprint density at radius 2 is 1.75 bits per heavy atom. The van der Waals surface area contributed by atoms with Gasteiger partial charge in [-0.2, -0.15) is 4.31 Å². The zero-order valence-corrected chi connectivity index (χ0v) is 16.9. The second-order valence-electron chi connectivity index (χ2n) is 6.32. The zero-order chi connectivity index (χ0) is 20.6. The van der Waals surface area contributed by atoms with E-state index in [-0.39, 0.29) is 17.2 Å². The van der Waals surface area contributed by atoms with Crippen LogP contribution < -0.4 is 10.1 Å². The first-order valence-electron chi connectivity index (χ1n) is 9.01. The Bertz CT molecular complexity index is 787. The van der Waals surface area contributed by atoms with Crippen molar-refractivity contribution in [3.63, 3.8) is 0 Å². The van der Waals surface area contributed by atoms with Gasteiger partial charge in [-0.25, -0.2) is 13.2 Å². The molecule has 1 heterocycles. The molecule has 28 heavy (non-hydrogen) atoms. The lowest BCUT2D eigenvalue weighted by molar-refractivity contribution is -0.150. The first-order valence-corrected chi connectivity index (χ1v) is 10.4. The standard InChI is InChI=1S/C18H26N2O7S/c1-25-13-18(22)27-12-17(21)19-15-11-14(7-8-16(15)26-2)28(23,24)20-9-5-3-4-6-10-20/h7-8,11H,3-6,9-10,12-13H2,1-2H3,(H,19,21). The maximum Gasteiger partial charge on any atom is 0.332 e. The van der Waals surface area contributed by atoms with Gasteiger partial charge in [0, 0.05) is 20.2 Å².